The molecule has 17 heavy (non-hydrogen) atoms. The molecule has 0 spiro atoms. The van der Waals surface area contributed by atoms with Gasteiger partial charge in [-0.25, -0.2) is 0 Å². The average molecular weight is 250 g/mol. The summed E-state index contributed by atoms with van der Waals surface area (Å²) in [5, 5.41) is 23.1. The average Bonchev–Trinajstić information content (AvgIpc) is 2.96. The molecule has 3 aromatic rings. The van der Waals surface area contributed by atoms with E-state index in [1.54, 1.807) is 6.92 Å². The van der Waals surface area contributed by atoms with Crippen molar-refractivity contribution in [2.45, 2.75) is 13.8 Å². The third kappa shape index (κ3) is 1.83. The van der Waals surface area contributed by atoms with E-state index < -0.39 is 0 Å². The molecule has 0 bridgehead atoms. The molecular formula is C8H7N6O2P. The zero-order valence-electron chi connectivity index (χ0n) is 9.00. The Bertz CT molecular complexity index is 602. The maximum atomic E-state index is 5.40. The summed E-state index contributed by atoms with van der Waals surface area (Å²) in [6, 6.07) is 0. The van der Waals surface area contributed by atoms with Crippen molar-refractivity contribution in [3.63, 3.8) is 0 Å². The molecule has 0 saturated carbocycles. The molecule has 3 heterocycles. The van der Waals surface area contributed by atoms with Gasteiger partial charge in [0.05, 0.1) is 5.43 Å². The Morgan fingerprint density at radius 2 is 1.47 bits per heavy atom. The summed E-state index contributed by atoms with van der Waals surface area (Å²) < 4.78 is 10.6. The molecule has 3 aromatic heterocycles. The smallest absolute Gasteiger partial charge is 0.306 e. The van der Waals surface area contributed by atoms with Crippen LogP contribution in [0.4, 0.5) is 0 Å². The number of rotatable bonds is 2. The van der Waals surface area contributed by atoms with Crippen molar-refractivity contribution < 1.29 is 8.83 Å². The van der Waals surface area contributed by atoms with Crippen LogP contribution in [0.5, 0.6) is 0 Å². The molecule has 0 radical (unpaired) electrons. The van der Waals surface area contributed by atoms with E-state index in [1.807, 2.05) is 6.92 Å². The van der Waals surface area contributed by atoms with Crippen LogP contribution in [0.2, 0.25) is 0 Å². The monoisotopic (exact) mass is 250 g/mol. The fraction of sp³-hybridized carbons (Fsp3) is 0.250. The van der Waals surface area contributed by atoms with Crippen LogP contribution in [-0.2, 0) is 0 Å². The Kier molecular flexibility index (Phi) is 2.22. The molecule has 0 aliphatic rings. The van der Waals surface area contributed by atoms with Crippen LogP contribution >= 0.6 is 8.19 Å². The minimum absolute atomic E-state index is 0.192. The summed E-state index contributed by atoms with van der Waals surface area (Å²) in [7, 11) is 0.364. The summed E-state index contributed by atoms with van der Waals surface area (Å²) in [5.74, 6) is 1.19. The predicted molar refractivity (Wildman–Crippen MR) is 57.6 cm³/mol. The first-order chi connectivity index (χ1) is 8.22. The van der Waals surface area contributed by atoms with Gasteiger partial charge in [0, 0.05) is 6.92 Å². The molecule has 0 N–H and O–H groups in total. The molecule has 0 saturated heterocycles. The normalized spacial score (nSPS) is 11.4. The predicted octanol–water partition coefficient (Wildman–Crippen LogP) is 1.22. The van der Waals surface area contributed by atoms with Gasteiger partial charge in [-0.15, -0.1) is 25.5 Å². The van der Waals surface area contributed by atoms with E-state index in [9.17, 15) is 0 Å². The third-order valence-corrected chi connectivity index (χ3v) is 2.95. The molecule has 3 rings (SSSR count). The molecule has 0 aliphatic carbocycles. The van der Waals surface area contributed by atoms with Crippen molar-refractivity contribution in [2.75, 3.05) is 0 Å². The van der Waals surface area contributed by atoms with Gasteiger partial charge in [0.1, 0.15) is 0 Å². The summed E-state index contributed by atoms with van der Waals surface area (Å²) in [6.45, 7) is 3.58. The van der Waals surface area contributed by atoms with Gasteiger partial charge in [-0.2, -0.15) is 5.10 Å². The SMILES string of the molecule is Cc1nnc(-c2nnc(-c3nnc(C)[pH]3)o2)o1. The number of hydrogen-bond acceptors (Lipinski definition) is 8. The van der Waals surface area contributed by atoms with Crippen LogP contribution in [-0.4, -0.2) is 30.6 Å². The largest absolute Gasteiger partial charge is 0.417 e. The van der Waals surface area contributed by atoms with E-state index >= 15 is 0 Å². The van der Waals surface area contributed by atoms with Crippen LogP contribution in [0.1, 0.15) is 11.3 Å². The van der Waals surface area contributed by atoms with Crippen LogP contribution in [0, 0.1) is 13.8 Å². The molecule has 9 heteroatoms. The van der Waals surface area contributed by atoms with Crippen molar-refractivity contribution in [3.05, 3.63) is 11.3 Å². The third-order valence-electron chi connectivity index (χ3n) is 1.94. The van der Waals surface area contributed by atoms with Crippen LogP contribution in [0.3, 0.4) is 0 Å². The molecule has 0 amide bonds. The Balaban J connectivity index is 1.98. The highest BCUT2D eigenvalue weighted by molar-refractivity contribution is 7.34. The molecule has 0 aliphatic heterocycles. The van der Waals surface area contributed by atoms with E-state index in [2.05, 4.69) is 30.6 Å². The van der Waals surface area contributed by atoms with Crippen molar-refractivity contribution in [3.8, 4) is 23.1 Å². The lowest BCUT2D eigenvalue weighted by atomic mass is 10.6. The standard InChI is InChI=1S/C8H7N6O2P/c1-3-9-11-5(15-3)6-12-13-7(16-6)8-14-10-4(2)17-8/h17H,1-2H3. The van der Waals surface area contributed by atoms with E-state index in [0.29, 0.717) is 25.4 Å². The van der Waals surface area contributed by atoms with Crippen LogP contribution in [0.25, 0.3) is 23.1 Å². The first-order valence-corrected chi connectivity index (χ1v) is 5.76. The van der Waals surface area contributed by atoms with Crippen molar-refractivity contribution in [1.82, 2.24) is 30.6 Å². The lowest BCUT2D eigenvalue weighted by Gasteiger charge is -1.84. The fourth-order valence-corrected chi connectivity index (χ4v) is 1.98. The van der Waals surface area contributed by atoms with Gasteiger partial charge < -0.3 is 8.83 Å². The Hall–Kier alpha value is -2.08. The quantitative estimate of drug-likeness (QED) is 0.668. The molecular weight excluding hydrogens is 243 g/mol. The van der Waals surface area contributed by atoms with E-state index in [-0.39, 0.29) is 11.8 Å². The van der Waals surface area contributed by atoms with Crippen molar-refractivity contribution in [1.29, 1.82) is 0 Å². The molecule has 1 atom stereocenters. The van der Waals surface area contributed by atoms with E-state index in [1.165, 1.54) is 0 Å². The highest BCUT2D eigenvalue weighted by atomic mass is 31.0. The van der Waals surface area contributed by atoms with Gasteiger partial charge in [-0.05, 0) is 6.92 Å². The van der Waals surface area contributed by atoms with Gasteiger partial charge in [-0.1, -0.05) is 8.19 Å². The number of aromatic nitrogens is 6. The van der Waals surface area contributed by atoms with Gasteiger partial charge in [0.25, 0.3) is 5.89 Å². The second-order valence-electron chi connectivity index (χ2n) is 3.30. The second-order valence-corrected chi connectivity index (χ2v) is 4.74. The Morgan fingerprint density at radius 3 is 2.12 bits per heavy atom. The van der Waals surface area contributed by atoms with Crippen molar-refractivity contribution in [2.24, 2.45) is 0 Å². The fourth-order valence-electron chi connectivity index (χ4n) is 1.23. The maximum Gasteiger partial charge on any atom is 0.306 e. The number of aryl methyl sites for hydroxylation is 2. The first kappa shape index (κ1) is 10.1. The second kappa shape index (κ2) is 3.74. The van der Waals surface area contributed by atoms with Gasteiger partial charge in [-0.3, -0.25) is 0 Å². The lowest BCUT2D eigenvalue weighted by Crippen LogP contribution is -1.77. The summed E-state index contributed by atoms with van der Waals surface area (Å²) in [4.78, 5) is 0. The Morgan fingerprint density at radius 1 is 0.765 bits per heavy atom. The molecule has 0 aromatic carbocycles. The molecule has 86 valence electrons. The molecule has 1 unspecified atom stereocenters. The highest BCUT2D eigenvalue weighted by Gasteiger charge is 2.17. The zero-order chi connectivity index (χ0) is 11.8. The van der Waals surface area contributed by atoms with Gasteiger partial charge in [0.15, 0.2) is 5.43 Å². The molecule has 8 nitrogen and oxygen atoms in total. The van der Waals surface area contributed by atoms with Gasteiger partial charge >= 0.3 is 11.8 Å². The summed E-state index contributed by atoms with van der Waals surface area (Å²) >= 11 is 0. The highest BCUT2D eigenvalue weighted by Crippen LogP contribution is 2.28. The molecule has 0 fully saturated rings. The minimum Gasteiger partial charge on any atom is -0.417 e. The van der Waals surface area contributed by atoms with Crippen LogP contribution < -0.4 is 0 Å². The zero-order valence-corrected chi connectivity index (χ0v) is 10.00. The minimum atomic E-state index is 0.192. The topological polar surface area (TPSA) is 104 Å². The summed E-state index contributed by atoms with van der Waals surface area (Å²) in [6.07, 6.45) is 0. The van der Waals surface area contributed by atoms with E-state index in [4.69, 9.17) is 8.83 Å². The van der Waals surface area contributed by atoms with Crippen molar-refractivity contribution >= 4 is 8.19 Å². The maximum absolute atomic E-state index is 5.40. The number of hydrogen-bond donors (Lipinski definition) is 0. The lowest BCUT2D eigenvalue weighted by molar-refractivity contribution is 0.495. The summed E-state index contributed by atoms with van der Waals surface area (Å²) in [5.41, 5.74) is 1.62. The Labute approximate surface area is 96.6 Å². The van der Waals surface area contributed by atoms with E-state index in [0.717, 1.165) is 5.43 Å². The first-order valence-electron chi connectivity index (χ1n) is 4.76. The van der Waals surface area contributed by atoms with Gasteiger partial charge in [0.2, 0.25) is 5.89 Å². The van der Waals surface area contributed by atoms with Crippen LogP contribution in [0.15, 0.2) is 8.83 Å². The number of nitrogens with zero attached hydrogens (tertiary/aromatic N) is 6.